The first kappa shape index (κ1) is 18.1. The zero-order valence-electron chi connectivity index (χ0n) is 12.5. The molecule has 1 aliphatic heterocycles. The molecule has 0 aromatic heterocycles. The van der Waals surface area contributed by atoms with Gasteiger partial charge in [0.2, 0.25) is 0 Å². The number of hydrogen-bond donors (Lipinski definition) is 1. The molecule has 7 nitrogen and oxygen atoms in total. The first-order chi connectivity index (χ1) is 9.68. The Labute approximate surface area is 129 Å². The number of thioether (sulfide) groups is 1. The van der Waals surface area contributed by atoms with E-state index in [9.17, 15) is 18.0 Å². The highest BCUT2D eigenvalue weighted by atomic mass is 32.2. The van der Waals surface area contributed by atoms with Crippen LogP contribution >= 0.6 is 11.8 Å². The zero-order chi connectivity index (χ0) is 16.2. The summed E-state index contributed by atoms with van der Waals surface area (Å²) in [5.74, 6) is -0.563. The number of carboxylic acids is 1. The second kappa shape index (κ2) is 7.35. The largest absolute Gasteiger partial charge is 0.480 e. The van der Waals surface area contributed by atoms with Gasteiger partial charge in [0.15, 0.2) is 9.84 Å². The fourth-order valence-electron chi connectivity index (χ4n) is 2.26. The zero-order valence-corrected chi connectivity index (χ0v) is 14.1. The maximum Gasteiger partial charge on any atom is 0.323 e. The lowest BCUT2D eigenvalue weighted by Crippen LogP contribution is -2.52. The van der Waals surface area contributed by atoms with Crippen molar-refractivity contribution in [3.8, 4) is 0 Å². The third kappa shape index (κ3) is 5.06. The Morgan fingerprint density at radius 3 is 2.48 bits per heavy atom. The van der Waals surface area contributed by atoms with Crippen molar-refractivity contribution in [1.82, 2.24) is 9.80 Å². The lowest BCUT2D eigenvalue weighted by atomic mass is 10.2. The summed E-state index contributed by atoms with van der Waals surface area (Å²) < 4.78 is 23.1. The van der Waals surface area contributed by atoms with E-state index in [0.29, 0.717) is 6.42 Å². The normalized spacial score (nSPS) is 21.8. The Bertz CT molecular complexity index is 494. The second-order valence-corrected chi connectivity index (χ2v) is 8.42. The van der Waals surface area contributed by atoms with Crippen LogP contribution in [0.15, 0.2) is 0 Å². The molecule has 0 aliphatic carbocycles. The van der Waals surface area contributed by atoms with Gasteiger partial charge in [-0.2, -0.15) is 11.8 Å². The molecule has 1 aliphatic rings. The summed E-state index contributed by atoms with van der Waals surface area (Å²) in [5, 5.41) is 8.98. The fraction of sp³-hybridized carbons (Fsp3) is 0.833. The van der Waals surface area contributed by atoms with Gasteiger partial charge in [0, 0.05) is 24.9 Å². The molecule has 0 radical (unpaired) electrons. The van der Waals surface area contributed by atoms with Gasteiger partial charge in [-0.1, -0.05) is 0 Å². The smallest absolute Gasteiger partial charge is 0.323 e. The topological polar surface area (TPSA) is 95.0 Å². The summed E-state index contributed by atoms with van der Waals surface area (Å²) in [6.45, 7) is 1.40. The molecule has 122 valence electrons. The molecule has 1 heterocycles. The number of aliphatic carboxylic acids is 1. The molecule has 0 spiro atoms. The van der Waals surface area contributed by atoms with Crippen molar-refractivity contribution in [3.05, 3.63) is 0 Å². The van der Waals surface area contributed by atoms with Crippen LogP contribution in [0.1, 0.15) is 13.3 Å². The van der Waals surface area contributed by atoms with Crippen molar-refractivity contribution in [2.75, 3.05) is 37.1 Å². The van der Waals surface area contributed by atoms with E-state index in [1.807, 2.05) is 13.2 Å². The van der Waals surface area contributed by atoms with Crippen molar-refractivity contribution in [2.24, 2.45) is 0 Å². The molecule has 1 N–H and O–H groups in total. The van der Waals surface area contributed by atoms with E-state index in [1.165, 1.54) is 9.80 Å². The van der Waals surface area contributed by atoms with E-state index >= 15 is 0 Å². The Morgan fingerprint density at radius 2 is 2.05 bits per heavy atom. The van der Waals surface area contributed by atoms with Gasteiger partial charge in [-0.25, -0.2) is 13.2 Å². The van der Waals surface area contributed by atoms with Crippen LogP contribution < -0.4 is 0 Å². The number of amides is 2. The van der Waals surface area contributed by atoms with E-state index in [-0.39, 0.29) is 17.5 Å². The molecular weight excluding hydrogens is 316 g/mol. The lowest BCUT2D eigenvalue weighted by Gasteiger charge is -2.34. The number of urea groups is 1. The Morgan fingerprint density at radius 1 is 1.43 bits per heavy atom. The molecule has 0 aromatic carbocycles. The molecule has 2 atom stereocenters. The van der Waals surface area contributed by atoms with Crippen molar-refractivity contribution < 1.29 is 23.1 Å². The maximum atomic E-state index is 12.5. The summed E-state index contributed by atoms with van der Waals surface area (Å²) in [5.41, 5.74) is 0. The number of nitrogens with zero attached hydrogens (tertiary/aromatic N) is 2. The summed E-state index contributed by atoms with van der Waals surface area (Å²) in [6, 6.07) is -1.04. The quantitative estimate of drug-likeness (QED) is 0.751. The molecule has 2 unspecified atom stereocenters. The minimum atomic E-state index is -3.18. The monoisotopic (exact) mass is 338 g/mol. The van der Waals surface area contributed by atoms with E-state index < -0.39 is 34.4 Å². The van der Waals surface area contributed by atoms with E-state index in [2.05, 4.69) is 0 Å². The molecule has 1 rings (SSSR count). The molecule has 21 heavy (non-hydrogen) atoms. The minimum absolute atomic E-state index is 0.00510. The lowest BCUT2D eigenvalue weighted by molar-refractivity contribution is -0.138. The van der Waals surface area contributed by atoms with Gasteiger partial charge in [-0.3, -0.25) is 4.79 Å². The van der Waals surface area contributed by atoms with Crippen LogP contribution in [-0.2, 0) is 14.6 Å². The van der Waals surface area contributed by atoms with Crippen LogP contribution in [0.4, 0.5) is 4.79 Å². The molecule has 1 fully saturated rings. The molecule has 9 heteroatoms. The third-order valence-electron chi connectivity index (χ3n) is 3.57. The van der Waals surface area contributed by atoms with E-state index in [1.54, 1.807) is 18.8 Å². The van der Waals surface area contributed by atoms with Crippen LogP contribution in [0, 0.1) is 0 Å². The van der Waals surface area contributed by atoms with Gasteiger partial charge in [0.25, 0.3) is 0 Å². The van der Waals surface area contributed by atoms with Gasteiger partial charge >= 0.3 is 12.0 Å². The van der Waals surface area contributed by atoms with E-state index in [0.717, 1.165) is 5.75 Å². The van der Waals surface area contributed by atoms with Gasteiger partial charge in [0.1, 0.15) is 6.54 Å². The maximum absolute atomic E-state index is 12.5. The van der Waals surface area contributed by atoms with Crippen LogP contribution in [0.25, 0.3) is 0 Å². The number of sulfone groups is 1. The molecule has 0 bridgehead atoms. The molecular formula is C12H22N2O5S2. The fourth-order valence-corrected chi connectivity index (χ4v) is 4.70. The molecule has 0 aromatic rings. The van der Waals surface area contributed by atoms with Crippen LogP contribution in [0.5, 0.6) is 0 Å². The first-order valence-corrected chi connectivity index (χ1v) is 9.84. The highest BCUT2D eigenvalue weighted by Gasteiger charge is 2.37. The predicted molar refractivity (Wildman–Crippen MR) is 82.4 cm³/mol. The average molecular weight is 338 g/mol. The summed E-state index contributed by atoms with van der Waals surface area (Å²) >= 11 is 1.59. The number of carboxylic acid groups (broad SMARTS) is 1. The second-order valence-electron chi connectivity index (χ2n) is 5.28. The molecule has 2 amide bonds. The van der Waals surface area contributed by atoms with Gasteiger partial charge in [0.05, 0.1) is 11.5 Å². The highest BCUT2D eigenvalue weighted by molar-refractivity contribution is 7.98. The SMILES string of the molecule is CSCC(C)N(C)C(=O)N(CC(=O)O)C1CCS(=O)(=O)C1. The number of hydrogen-bond acceptors (Lipinski definition) is 5. The van der Waals surface area contributed by atoms with Crippen LogP contribution in [0.3, 0.4) is 0 Å². The summed E-state index contributed by atoms with van der Waals surface area (Å²) in [4.78, 5) is 26.1. The third-order valence-corrected chi connectivity index (χ3v) is 6.14. The van der Waals surface area contributed by atoms with Crippen molar-refractivity contribution in [2.45, 2.75) is 25.4 Å². The average Bonchev–Trinajstić information content (AvgIpc) is 2.74. The number of carbonyl (C=O) groups excluding carboxylic acids is 1. The molecule has 0 saturated carbocycles. The predicted octanol–water partition coefficient (Wildman–Crippen LogP) is 0.363. The van der Waals surface area contributed by atoms with E-state index in [4.69, 9.17) is 5.11 Å². The number of carbonyl (C=O) groups is 2. The number of rotatable bonds is 6. The summed E-state index contributed by atoms with van der Waals surface area (Å²) in [6.07, 6.45) is 2.22. The van der Waals surface area contributed by atoms with Gasteiger partial charge in [-0.15, -0.1) is 0 Å². The highest BCUT2D eigenvalue weighted by Crippen LogP contribution is 2.20. The van der Waals surface area contributed by atoms with Crippen molar-refractivity contribution in [3.63, 3.8) is 0 Å². The Balaban J connectivity index is 2.87. The van der Waals surface area contributed by atoms with Crippen LogP contribution in [0.2, 0.25) is 0 Å². The first-order valence-electron chi connectivity index (χ1n) is 6.62. The Kier molecular flexibility index (Phi) is 6.33. The Hall–Kier alpha value is -0.960. The standard InChI is InChI=1S/C12H22N2O5S2/c1-9(7-20-3)13(2)12(17)14(6-11(15)16)10-4-5-21(18,19)8-10/h9-10H,4-8H2,1-3H3,(H,15,16). The summed E-state index contributed by atoms with van der Waals surface area (Å²) in [7, 11) is -1.56. The van der Waals surface area contributed by atoms with Crippen molar-refractivity contribution >= 4 is 33.6 Å². The van der Waals surface area contributed by atoms with Gasteiger partial charge < -0.3 is 14.9 Å². The van der Waals surface area contributed by atoms with Crippen LogP contribution in [-0.4, -0.2) is 84.5 Å². The minimum Gasteiger partial charge on any atom is -0.480 e. The van der Waals surface area contributed by atoms with Crippen molar-refractivity contribution in [1.29, 1.82) is 0 Å². The molecule has 1 saturated heterocycles. The van der Waals surface area contributed by atoms with Gasteiger partial charge in [-0.05, 0) is 19.6 Å².